The SMILES string of the molecule is O=C(CCC(=O)c1ccc(Br)cc1)NCCc1ccccc1F. The van der Waals surface area contributed by atoms with Gasteiger partial charge >= 0.3 is 0 Å². The summed E-state index contributed by atoms with van der Waals surface area (Å²) < 4.78 is 14.3. The van der Waals surface area contributed by atoms with Crippen LogP contribution in [0.1, 0.15) is 28.8 Å². The van der Waals surface area contributed by atoms with E-state index in [9.17, 15) is 14.0 Å². The molecule has 0 unspecified atom stereocenters. The Hall–Kier alpha value is -2.01. The van der Waals surface area contributed by atoms with E-state index in [0.29, 0.717) is 24.1 Å². The van der Waals surface area contributed by atoms with Gasteiger partial charge in [-0.2, -0.15) is 0 Å². The largest absolute Gasteiger partial charge is 0.356 e. The van der Waals surface area contributed by atoms with Crippen LogP contribution < -0.4 is 5.32 Å². The number of carbonyl (C=O) groups is 2. The number of rotatable bonds is 7. The van der Waals surface area contributed by atoms with Gasteiger partial charge in [0.05, 0.1) is 0 Å². The number of amides is 1. The number of hydrogen-bond acceptors (Lipinski definition) is 2. The predicted octanol–water partition coefficient (Wildman–Crippen LogP) is 3.91. The Kier molecular flexibility index (Phi) is 6.47. The molecule has 0 aliphatic carbocycles. The van der Waals surface area contributed by atoms with Crippen molar-refractivity contribution in [3.05, 3.63) is 69.9 Å². The van der Waals surface area contributed by atoms with Crippen molar-refractivity contribution in [1.82, 2.24) is 5.32 Å². The zero-order valence-electron chi connectivity index (χ0n) is 12.5. The van der Waals surface area contributed by atoms with Gasteiger partial charge in [0.1, 0.15) is 5.82 Å². The van der Waals surface area contributed by atoms with Crippen LogP contribution in [0.4, 0.5) is 4.39 Å². The molecule has 2 rings (SSSR count). The first-order chi connectivity index (χ1) is 11.1. The van der Waals surface area contributed by atoms with Crippen molar-refractivity contribution in [3.8, 4) is 0 Å². The van der Waals surface area contributed by atoms with E-state index in [0.717, 1.165) is 4.47 Å². The monoisotopic (exact) mass is 377 g/mol. The average molecular weight is 378 g/mol. The van der Waals surface area contributed by atoms with E-state index in [2.05, 4.69) is 21.2 Å². The van der Waals surface area contributed by atoms with E-state index in [1.165, 1.54) is 6.07 Å². The molecule has 0 heterocycles. The van der Waals surface area contributed by atoms with Crippen LogP contribution in [0.15, 0.2) is 53.0 Å². The Balaban J connectivity index is 1.72. The van der Waals surface area contributed by atoms with Crippen LogP contribution in [0, 0.1) is 5.82 Å². The number of Topliss-reactive ketones (excluding diaryl/α,β-unsaturated/α-hetero) is 1. The third-order valence-electron chi connectivity index (χ3n) is 3.42. The van der Waals surface area contributed by atoms with Crippen molar-refractivity contribution >= 4 is 27.6 Å². The summed E-state index contributed by atoms with van der Waals surface area (Å²) in [6.45, 7) is 0.353. The molecule has 3 nitrogen and oxygen atoms in total. The number of benzene rings is 2. The summed E-state index contributed by atoms with van der Waals surface area (Å²) in [5, 5.41) is 2.71. The van der Waals surface area contributed by atoms with Gasteiger partial charge in [-0.05, 0) is 30.2 Å². The lowest BCUT2D eigenvalue weighted by Gasteiger charge is -2.06. The third-order valence-corrected chi connectivity index (χ3v) is 3.95. The molecule has 120 valence electrons. The Bertz CT molecular complexity index is 686. The van der Waals surface area contributed by atoms with E-state index in [-0.39, 0.29) is 30.3 Å². The van der Waals surface area contributed by atoms with Gasteiger partial charge < -0.3 is 5.32 Å². The number of carbonyl (C=O) groups excluding carboxylic acids is 2. The first-order valence-electron chi connectivity index (χ1n) is 7.35. The van der Waals surface area contributed by atoms with Crippen molar-refractivity contribution < 1.29 is 14.0 Å². The first kappa shape index (κ1) is 17.3. The number of ketones is 1. The fourth-order valence-corrected chi connectivity index (χ4v) is 2.40. The van der Waals surface area contributed by atoms with Crippen LogP contribution in [0.3, 0.4) is 0 Å². The maximum atomic E-state index is 13.4. The van der Waals surface area contributed by atoms with Gasteiger partial charge in [0, 0.05) is 29.4 Å². The summed E-state index contributed by atoms with van der Waals surface area (Å²) in [6.07, 6.45) is 0.721. The zero-order valence-corrected chi connectivity index (χ0v) is 14.1. The summed E-state index contributed by atoms with van der Waals surface area (Å²) >= 11 is 3.31. The summed E-state index contributed by atoms with van der Waals surface area (Å²) in [7, 11) is 0. The van der Waals surface area contributed by atoms with E-state index in [4.69, 9.17) is 0 Å². The molecular formula is C18H17BrFNO2. The highest BCUT2D eigenvalue weighted by Gasteiger charge is 2.09. The van der Waals surface area contributed by atoms with Crippen molar-refractivity contribution in [2.24, 2.45) is 0 Å². The van der Waals surface area contributed by atoms with E-state index in [1.807, 2.05) is 0 Å². The Morgan fingerprint density at radius 3 is 2.39 bits per heavy atom. The number of hydrogen-bond donors (Lipinski definition) is 1. The third kappa shape index (κ3) is 5.60. The van der Waals surface area contributed by atoms with E-state index < -0.39 is 0 Å². The summed E-state index contributed by atoms with van der Waals surface area (Å²) in [5.41, 5.74) is 1.16. The van der Waals surface area contributed by atoms with Crippen LogP contribution >= 0.6 is 15.9 Å². The molecule has 0 radical (unpaired) electrons. The molecule has 0 spiro atoms. The molecule has 0 saturated heterocycles. The molecule has 1 amide bonds. The Morgan fingerprint density at radius 1 is 1.00 bits per heavy atom. The number of halogens is 2. The lowest BCUT2D eigenvalue weighted by atomic mass is 10.1. The Labute approximate surface area is 143 Å². The van der Waals surface area contributed by atoms with Gasteiger partial charge in [0.15, 0.2) is 5.78 Å². The van der Waals surface area contributed by atoms with Crippen LogP contribution in [0.5, 0.6) is 0 Å². The maximum absolute atomic E-state index is 13.4. The molecule has 0 atom stereocenters. The van der Waals surface area contributed by atoms with Crippen molar-refractivity contribution in [2.45, 2.75) is 19.3 Å². The standard InChI is InChI=1S/C18H17BrFNO2/c19-15-7-5-14(6-8-15)17(22)9-10-18(23)21-12-11-13-3-1-2-4-16(13)20/h1-8H,9-12H2,(H,21,23). The van der Waals surface area contributed by atoms with Gasteiger partial charge in [-0.1, -0.05) is 46.3 Å². The molecule has 0 aliphatic heterocycles. The molecule has 0 bridgehead atoms. The second-order valence-corrected chi connectivity index (χ2v) is 6.04. The molecule has 2 aromatic carbocycles. The second-order valence-electron chi connectivity index (χ2n) is 5.12. The minimum absolute atomic E-state index is 0.0678. The second kappa shape index (κ2) is 8.58. The fourth-order valence-electron chi connectivity index (χ4n) is 2.13. The molecule has 0 saturated carbocycles. The van der Waals surface area contributed by atoms with Crippen LogP contribution in [-0.2, 0) is 11.2 Å². The topological polar surface area (TPSA) is 46.2 Å². The molecule has 0 aliphatic rings. The van der Waals surface area contributed by atoms with Crippen molar-refractivity contribution in [1.29, 1.82) is 0 Å². The highest BCUT2D eigenvalue weighted by molar-refractivity contribution is 9.10. The highest BCUT2D eigenvalue weighted by Crippen LogP contribution is 2.12. The van der Waals surface area contributed by atoms with Crippen LogP contribution in [-0.4, -0.2) is 18.2 Å². The van der Waals surface area contributed by atoms with Gasteiger partial charge in [-0.15, -0.1) is 0 Å². The normalized spacial score (nSPS) is 10.3. The molecular weight excluding hydrogens is 361 g/mol. The minimum atomic E-state index is -0.271. The zero-order chi connectivity index (χ0) is 16.7. The smallest absolute Gasteiger partial charge is 0.220 e. The molecule has 0 fully saturated rings. The quantitative estimate of drug-likeness (QED) is 0.743. The van der Waals surface area contributed by atoms with Crippen molar-refractivity contribution in [2.75, 3.05) is 6.54 Å². The molecule has 0 aromatic heterocycles. The van der Waals surface area contributed by atoms with Crippen LogP contribution in [0.25, 0.3) is 0 Å². The average Bonchev–Trinajstić information content (AvgIpc) is 2.55. The van der Waals surface area contributed by atoms with Gasteiger partial charge in [-0.25, -0.2) is 4.39 Å². The van der Waals surface area contributed by atoms with Gasteiger partial charge in [0.2, 0.25) is 5.91 Å². The predicted molar refractivity (Wildman–Crippen MR) is 90.8 cm³/mol. The number of nitrogens with one attached hydrogen (secondary N) is 1. The first-order valence-corrected chi connectivity index (χ1v) is 8.14. The lowest BCUT2D eigenvalue weighted by molar-refractivity contribution is -0.121. The van der Waals surface area contributed by atoms with E-state index in [1.54, 1.807) is 42.5 Å². The fraction of sp³-hybridized carbons (Fsp3) is 0.222. The van der Waals surface area contributed by atoms with E-state index >= 15 is 0 Å². The molecule has 5 heteroatoms. The Morgan fingerprint density at radius 2 is 1.70 bits per heavy atom. The highest BCUT2D eigenvalue weighted by atomic mass is 79.9. The molecule has 23 heavy (non-hydrogen) atoms. The molecule has 1 N–H and O–H groups in total. The minimum Gasteiger partial charge on any atom is -0.356 e. The summed E-state index contributed by atoms with van der Waals surface area (Å²) in [4.78, 5) is 23.7. The summed E-state index contributed by atoms with van der Waals surface area (Å²) in [5.74, 6) is -0.541. The van der Waals surface area contributed by atoms with Gasteiger partial charge in [0.25, 0.3) is 0 Å². The lowest BCUT2D eigenvalue weighted by Crippen LogP contribution is -2.26. The van der Waals surface area contributed by atoms with Gasteiger partial charge in [-0.3, -0.25) is 9.59 Å². The van der Waals surface area contributed by atoms with Crippen molar-refractivity contribution in [3.63, 3.8) is 0 Å². The van der Waals surface area contributed by atoms with Crippen LogP contribution in [0.2, 0.25) is 0 Å². The maximum Gasteiger partial charge on any atom is 0.220 e. The molecule has 2 aromatic rings. The summed E-state index contributed by atoms with van der Waals surface area (Å²) in [6, 6.07) is 13.5.